The molecule has 0 aromatic heterocycles. The Hall–Kier alpha value is -2.76. The summed E-state index contributed by atoms with van der Waals surface area (Å²) in [6.07, 6.45) is 0. The molecule has 0 amide bonds. The van der Waals surface area contributed by atoms with Gasteiger partial charge in [0.05, 0.1) is 6.61 Å². The molecule has 0 N–H and O–H groups in total. The molecule has 0 saturated carbocycles. The van der Waals surface area contributed by atoms with E-state index in [1.807, 2.05) is 0 Å². The number of ether oxygens (including phenoxy) is 2. The molecule has 0 radical (unpaired) electrons. The van der Waals surface area contributed by atoms with Gasteiger partial charge in [-0.1, -0.05) is 18.2 Å². The number of benzene rings is 3. The number of rotatable bonds is 5. The summed E-state index contributed by atoms with van der Waals surface area (Å²) in [7, 11) is 0. The largest absolute Gasteiger partial charge is 0.494 e. The first-order chi connectivity index (χ1) is 12.0. The molecule has 6 heteroatoms. The third-order valence-corrected chi connectivity index (χ3v) is 3.70. The van der Waals surface area contributed by atoms with Gasteiger partial charge in [0.2, 0.25) is 0 Å². The first-order valence-electron chi connectivity index (χ1n) is 7.59. The Morgan fingerprint density at radius 1 is 0.960 bits per heavy atom. The van der Waals surface area contributed by atoms with Crippen LogP contribution in [0.4, 0.5) is 17.6 Å². The monoisotopic (exact) mass is 350 g/mol. The predicted molar refractivity (Wildman–Crippen MR) is 87.1 cm³/mol. The van der Waals surface area contributed by atoms with Crippen molar-refractivity contribution in [1.29, 1.82) is 0 Å². The Balaban J connectivity index is 2.02. The zero-order chi connectivity index (χ0) is 18.0. The van der Waals surface area contributed by atoms with Crippen LogP contribution in [0.2, 0.25) is 0 Å². The van der Waals surface area contributed by atoms with E-state index in [0.717, 1.165) is 6.07 Å². The zero-order valence-electron chi connectivity index (χ0n) is 13.2. The number of hydrogen-bond donors (Lipinski definition) is 0. The predicted octanol–water partition coefficient (Wildman–Crippen LogP) is 5.79. The van der Waals surface area contributed by atoms with E-state index >= 15 is 0 Å². The van der Waals surface area contributed by atoms with Crippen LogP contribution in [0.3, 0.4) is 0 Å². The fourth-order valence-corrected chi connectivity index (χ4v) is 2.61. The van der Waals surface area contributed by atoms with Crippen molar-refractivity contribution in [3.05, 3.63) is 60.2 Å². The van der Waals surface area contributed by atoms with Crippen LogP contribution < -0.4 is 9.47 Å². The summed E-state index contributed by atoms with van der Waals surface area (Å²) in [5, 5.41) is 0.568. The second-order valence-electron chi connectivity index (χ2n) is 5.27. The van der Waals surface area contributed by atoms with Gasteiger partial charge in [-0.2, -0.15) is 8.78 Å². The van der Waals surface area contributed by atoms with E-state index < -0.39 is 24.0 Å². The Morgan fingerprint density at radius 3 is 2.44 bits per heavy atom. The van der Waals surface area contributed by atoms with Gasteiger partial charge < -0.3 is 9.47 Å². The lowest BCUT2D eigenvalue weighted by molar-refractivity contribution is -0.0520. The van der Waals surface area contributed by atoms with Gasteiger partial charge in [-0.15, -0.1) is 0 Å². The second kappa shape index (κ2) is 7.01. The molecule has 3 aromatic rings. The third-order valence-electron chi connectivity index (χ3n) is 3.70. The highest BCUT2D eigenvalue weighted by atomic mass is 19.3. The minimum absolute atomic E-state index is 0.119. The molecule has 0 aliphatic carbocycles. The van der Waals surface area contributed by atoms with Gasteiger partial charge in [0.1, 0.15) is 11.6 Å². The minimum atomic E-state index is -3.11. The van der Waals surface area contributed by atoms with Crippen molar-refractivity contribution in [2.45, 2.75) is 13.5 Å². The van der Waals surface area contributed by atoms with Crippen LogP contribution in [0.25, 0.3) is 21.9 Å². The van der Waals surface area contributed by atoms with Crippen molar-refractivity contribution in [2.75, 3.05) is 6.61 Å². The van der Waals surface area contributed by atoms with E-state index in [1.165, 1.54) is 24.3 Å². The highest BCUT2D eigenvalue weighted by molar-refractivity contribution is 5.89. The highest BCUT2D eigenvalue weighted by Crippen LogP contribution is 2.32. The number of halogens is 4. The first-order valence-corrected chi connectivity index (χ1v) is 7.59. The van der Waals surface area contributed by atoms with Gasteiger partial charge >= 0.3 is 6.61 Å². The van der Waals surface area contributed by atoms with Gasteiger partial charge in [-0.3, -0.25) is 0 Å². The van der Waals surface area contributed by atoms with E-state index in [4.69, 9.17) is 4.74 Å². The van der Waals surface area contributed by atoms with Crippen LogP contribution in [0.5, 0.6) is 11.5 Å². The average Bonchev–Trinajstić information content (AvgIpc) is 2.57. The lowest BCUT2D eigenvalue weighted by Gasteiger charge is -2.10. The molecular weight excluding hydrogens is 336 g/mol. The molecule has 2 nitrogen and oxygen atoms in total. The molecule has 0 heterocycles. The molecule has 0 fully saturated rings. The molecule has 0 spiro atoms. The number of alkyl halides is 2. The maximum Gasteiger partial charge on any atom is 0.387 e. The SMILES string of the molecule is CCOc1ccc(-c2ccc3c(F)c(OC(F)F)ccc3c2)c(F)c1. The fraction of sp³-hybridized carbons (Fsp3) is 0.158. The lowest BCUT2D eigenvalue weighted by Crippen LogP contribution is -2.03. The summed E-state index contributed by atoms with van der Waals surface area (Å²) in [6.45, 7) is -0.878. The Morgan fingerprint density at radius 2 is 1.76 bits per heavy atom. The van der Waals surface area contributed by atoms with Crippen molar-refractivity contribution in [3.63, 3.8) is 0 Å². The molecule has 130 valence electrons. The summed E-state index contributed by atoms with van der Waals surface area (Å²) in [5.74, 6) is -1.45. The standard InChI is InChI=1S/C19H14F4O2/c1-2-24-13-5-7-14(16(20)10-13)11-3-6-15-12(9-11)4-8-17(18(15)21)25-19(22)23/h3-10,19H,2H2,1H3. The van der Waals surface area contributed by atoms with E-state index in [0.29, 0.717) is 28.9 Å². The second-order valence-corrected chi connectivity index (χ2v) is 5.27. The quantitative estimate of drug-likeness (QED) is 0.543. The van der Waals surface area contributed by atoms with E-state index in [-0.39, 0.29) is 5.39 Å². The molecule has 0 aliphatic rings. The van der Waals surface area contributed by atoms with Crippen molar-refractivity contribution in [3.8, 4) is 22.6 Å². The van der Waals surface area contributed by atoms with Crippen LogP contribution in [0.1, 0.15) is 6.92 Å². The van der Waals surface area contributed by atoms with Crippen LogP contribution in [0, 0.1) is 11.6 Å². The van der Waals surface area contributed by atoms with Gasteiger partial charge in [0.15, 0.2) is 11.6 Å². The van der Waals surface area contributed by atoms with Gasteiger partial charge in [-0.25, -0.2) is 8.78 Å². The zero-order valence-corrected chi connectivity index (χ0v) is 13.2. The maximum absolute atomic E-state index is 14.3. The Kier molecular flexibility index (Phi) is 4.79. The molecule has 25 heavy (non-hydrogen) atoms. The molecule has 0 bridgehead atoms. The summed E-state index contributed by atoms with van der Waals surface area (Å²) >= 11 is 0. The normalized spacial score (nSPS) is 11.1. The van der Waals surface area contributed by atoms with Gasteiger partial charge in [0, 0.05) is 17.0 Å². The summed E-state index contributed by atoms with van der Waals surface area (Å²) < 4.78 is 62.5. The van der Waals surface area contributed by atoms with Gasteiger partial charge in [-0.05, 0) is 42.1 Å². The molecule has 3 aromatic carbocycles. The molecule has 0 saturated heterocycles. The minimum Gasteiger partial charge on any atom is -0.494 e. The van der Waals surface area contributed by atoms with Crippen LogP contribution >= 0.6 is 0 Å². The van der Waals surface area contributed by atoms with Gasteiger partial charge in [0.25, 0.3) is 0 Å². The summed E-state index contributed by atoms with van der Waals surface area (Å²) in [5.41, 5.74) is 0.869. The third kappa shape index (κ3) is 3.52. The van der Waals surface area contributed by atoms with E-state index in [2.05, 4.69) is 4.74 Å². The molecule has 0 unspecified atom stereocenters. The van der Waals surface area contributed by atoms with Crippen molar-refractivity contribution in [1.82, 2.24) is 0 Å². The lowest BCUT2D eigenvalue weighted by atomic mass is 10.0. The van der Waals surface area contributed by atoms with E-state index in [9.17, 15) is 17.6 Å². The number of fused-ring (bicyclic) bond motifs is 1. The maximum atomic E-state index is 14.3. The smallest absolute Gasteiger partial charge is 0.387 e. The van der Waals surface area contributed by atoms with Crippen LogP contribution in [0.15, 0.2) is 48.5 Å². The summed E-state index contributed by atoms with van der Waals surface area (Å²) in [4.78, 5) is 0. The highest BCUT2D eigenvalue weighted by Gasteiger charge is 2.14. The van der Waals surface area contributed by atoms with Crippen LogP contribution in [-0.4, -0.2) is 13.2 Å². The van der Waals surface area contributed by atoms with Crippen molar-refractivity contribution >= 4 is 10.8 Å². The molecular formula is C19H14F4O2. The van der Waals surface area contributed by atoms with Crippen molar-refractivity contribution < 1.29 is 27.0 Å². The van der Waals surface area contributed by atoms with Crippen molar-refractivity contribution in [2.24, 2.45) is 0 Å². The Labute approximate surface area is 141 Å². The van der Waals surface area contributed by atoms with Crippen LogP contribution in [-0.2, 0) is 0 Å². The van der Waals surface area contributed by atoms with E-state index in [1.54, 1.807) is 25.1 Å². The first kappa shape index (κ1) is 17.1. The molecule has 0 aliphatic heterocycles. The fourth-order valence-electron chi connectivity index (χ4n) is 2.61. The average molecular weight is 350 g/mol. The summed E-state index contributed by atoms with van der Waals surface area (Å²) in [6, 6.07) is 11.6. The molecule has 3 rings (SSSR count). The topological polar surface area (TPSA) is 18.5 Å². The number of hydrogen-bond acceptors (Lipinski definition) is 2. The molecule has 0 atom stereocenters. The Bertz CT molecular complexity index is 909.